The van der Waals surface area contributed by atoms with Crippen LogP contribution in [0.4, 0.5) is 0 Å². The van der Waals surface area contributed by atoms with E-state index in [4.69, 9.17) is 15.2 Å². The van der Waals surface area contributed by atoms with Crippen molar-refractivity contribution in [2.24, 2.45) is 5.73 Å². The topological polar surface area (TPSA) is 44.5 Å². The zero-order chi connectivity index (χ0) is 12.0. The average Bonchev–Trinajstić information content (AvgIpc) is 2.34. The van der Waals surface area contributed by atoms with E-state index >= 15 is 0 Å². The van der Waals surface area contributed by atoms with E-state index in [1.807, 2.05) is 18.2 Å². The Morgan fingerprint density at radius 2 is 1.94 bits per heavy atom. The van der Waals surface area contributed by atoms with Crippen molar-refractivity contribution in [2.75, 3.05) is 20.8 Å². The van der Waals surface area contributed by atoms with Gasteiger partial charge in [-0.15, -0.1) is 0 Å². The van der Waals surface area contributed by atoms with Gasteiger partial charge in [-0.2, -0.15) is 0 Å². The highest BCUT2D eigenvalue weighted by molar-refractivity contribution is 5.66. The third-order valence-electron chi connectivity index (χ3n) is 2.46. The number of allylic oxidation sites excluding steroid dienone is 1. The standard InChI is InChI=1S/C13H19NO2/c1-10(5-4-8-14)11-6-7-12(15-2)13(9-11)16-3/h5-7,9H,4,8,14H2,1-3H3/b10-5+. The summed E-state index contributed by atoms with van der Waals surface area (Å²) in [6.07, 6.45) is 3.02. The quantitative estimate of drug-likeness (QED) is 0.830. The molecule has 3 nitrogen and oxygen atoms in total. The Morgan fingerprint density at radius 1 is 1.25 bits per heavy atom. The maximum atomic E-state index is 5.47. The Bertz CT molecular complexity index is 372. The van der Waals surface area contributed by atoms with Crippen molar-refractivity contribution >= 4 is 5.57 Å². The maximum Gasteiger partial charge on any atom is 0.161 e. The number of benzene rings is 1. The van der Waals surface area contributed by atoms with Crippen LogP contribution in [0.25, 0.3) is 5.57 Å². The first-order valence-corrected chi connectivity index (χ1v) is 5.32. The zero-order valence-electron chi connectivity index (χ0n) is 10.1. The first kappa shape index (κ1) is 12.6. The Balaban J connectivity index is 2.98. The molecule has 1 rings (SSSR count). The Hall–Kier alpha value is -1.48. The fourth-order valence-electron chi connectivity index (χ4n) is 1.50. The lowest BCUT2D eigenvalue weighted by Gasteiger charge is -2.09. The summed E-state index contributed by atoms with van der Waals surface area (Å²) in [5.74, 6) is 1.50. The van der Waals surface area contributed by atoms with E-state index in [0.29, 0.717) is 6.54 Å². The summed E-state index contributed by atoms with van der Waals surface area (Å²) in [5, 5.41) is 0. The molecule has 0 atom stereocenters. The third kappa shape index (κ3) is 3.00. The molecule has 0 radical (unpaired) electrons. The summed E-state index contributed by atoms with van der Waals surface area (Å²) in [5.41, 5.74) is 7.80. The second-order valence-corrected chi connectivity index (χ2v) is 3.53. The third-order valence-corrected chi connectivity index (χ3v) is 2.46. The molecular weight excluding hydrogens is 202 g/mol. The van der Waals surface area contributed by atoms with E-state index in [1.54, 1.807) is 14.2 Å². The highest BCUT2D eigenvalue weighted by Crippen LogP contribution is 2.30. The van der Waals surface area contributed by atoms with Gasteiger partial charge in [0.2, 0.25) is 0 Å². The number of hydrogen-bond acceptors (Lipinski definition) is 3. The van der Waals surface area contributed by atoms with Crippen molar-refractivity contribution in [3.63, 3.8) is 0 Å². The number of nitrogens with two attached hydrogens (primary N) is 1. The van der Waals surface area contributed by atoms with Gasteiger partial charge in [-0.3, -0.25) is 0 Å². The molecule has 0 saturated heterocycles. The van der Waals surface area contributed by atoms with Crippen molar-refractivity contribution in [3.8, 4) is 11.5 Å². The molecule has 2 N–H and O–H groups in total. The molecular formula is C13H19NO2. The molecule has 0 aromatic heterocycles. The number of ether oxygens (including phenoxy) is 2. The predicted molar refractivity (Wildman–Crippen MR) is 66.9 cm³/mol. The minimum atomic E-state index is 0.671. The summed E-state index contributed by atoms with van der Waals surface area (Å²) in [6.45, 7) is 2.74. The molecule has 0 heterocycles. The second-order valence-electron chi connectivity index (χ2n) is 3.53. The maximum absolute atomic E-state index is 5.47. The van der Waals surface area contributed by atoms with E-state index in [0.717, 1.165) is 23.5 Å². The molecule has 0 amide bonds. The van der Waals surface area contributed by atoms with Gasteiger partial charge in [0, 0.05) is 0 Å². The number of rotatable bonds is 5. The summed E-state index contributed by atoms with van der Waals surface area (Å²) in [4.78, 5) is 0. The summed E-state index contributed by atoms with van der Waals surface area (Å²) >= 11 is 0. The summed E-state index contributed by atoms with van der Waals surface area (Å²) in [7, 11) is 3.27. The van der Waals surface area contributed by atoms with Crippen molar-refractivity contribution < 1.29 is 9.47 Å². The van der Waals surface area contributed by atoms with Gasteiger partial charge in [0.05, 0.1) is 14.2 Å². The number of hydrogen-bond donors (Lipinski definition) is 1. The molecule has 1 aromatic rings. The van der Waals surface area contributed by atoms with Gasteiger partial charge in [0.1, 0.15) is 0 Å². The van der Waals surface area contributed by atoms with Crippen molar-refractivity contribution in [3.05, 3.63) is 29.8 Å². The van der Waals surface area contributed by atoms with Crippen LogP contribution in [0.1, 0.15) is 18.9 Å². The monoisotopic (exact) mass is 221 g/mol. The molecule has 0 unspecified atom stereocenters. The minimum Gasteiger partial charge on any atom is -0.493 e. The molecule has 0 saturated carbocycles. The molecule has 16 heavy (non-hydrogen) atoms. The van der Waals surface area contributed by atoms with Gasteiger partial charge in [-0.05, 0) is 43.2 Å². The lowest BCUT2D eigenvalue weighted by molar-refractivity contribution is 0.355. The van der Waals surface area contributed by atoms with Crippen molar-refractivity contribution in [1.29, 1.82) is 0 Å². The molecule has 1 aromatic carbocycles. The van der Waals surface area contributed by atoms with Crippen LogP contribution in [0.3, 0.4) is 0 Å². The molecule has 0 spiro atoms. The van der Waals surface area contributed by atoms with Crippen LogP contribution < -0.4 is 15.2 Å². The van der Waals surface area contributed by atoms with Crippen LogP contribution in [0.2, 0.25) is 0 Å². The SMILES string of the molecule is COc1ccc(/C(C)=C/CCN)cc1OC. The smallest absolute Gasteiger partial charge is 0.161 e. The van der Waals surface area contributed by atoms with Crippen LogP contribution >= 0.6 is 0 Å². The molecule has 0 aliphatic rings. The van der Waals surface area contributed by atoms with Gasteiger partial charge in [0.25, 0.3) is 0 Å². The van der Waals surface area contributed by atoms with E-state index < -0.39 is 0 Å². The highest BCUT2D eigenvalue weighted by atomic mass is 16.5. The fraction of sp³-hybridized carbons (Fsp3) is 0.385. The van der Waals surface area contributed by atoms with Gasteiger partial charge in [0.15, 0.2) is 11.5 Å². The normalized spacial score (nSPS) is 11.4. The van der Waals surface area contributed by atoms with Gasteiger partial charge >= 0.3 is 0 Å². The average molecular weight is 221 g/mol. The molecule has 3 heteroatoms. The lowest BCUT2D eigenvalue weighted by Crippen LogP contribution is -1.96. The zero-order valence-corrected chi connectivity index (χ0v) is 10.1. The highest BCUT2D eigenvalue weighted by Gasteiger charge is 2.04. The molecule has 0 aliphatic carbocycles. The van der Waals surface area contributed by atoms with Gasteiger partial charge in [-0.25, -0.2) is 0 Å². The van der Waals surface area contributed by atoms with E-state index in [1.165, 1.54) is 5.57 Å². The Kier molecular flexibility index (Phi) is 4.86. The van der Waals surface area contributed by atoms with Crippen molar-refractivity contribution in [2.45, 2.75) is 13.3 Å². The van der Waals surface area contributed by atoms with E-state index in [9.17, 15) is 0 Å². The van der Waals surface area contributed by atoms with Crippen LogP contribution in [-0.2, 0) is 0 Å². The molecule has 0 bridgehead atoms. The van der Waals surface area contributed by atoms with Crippen LogP contribution in [-0.4, -0.2) is 20.8 Å². The van der Waals surface area contributed by atoms with Crippen LogP contribution in [0, 0.1) is 0 Å². The van der Waals surface area contributed by atoms with Gasteiger partial charge < -0.3 is 15.2 Å². The predicted octanol–water partition coefficient (Wildman–Crippen LogP) is 2.46. The number of methoxy groups -OCH3 is 2. The fourth-order valence-corrected chi connectivity index (χ4v) is 1.50. The Labute approximate surface area is 96.9 Å². The lowest BCUT2D eigenvalue weighted by atomic mass is 10.1. The van der Waals surface area contributed by atoms with Crippen LogP contribution in [0.5, 0.6) is 11.5 Å². The minimum absolute atomic E-state index is 0.671. The summed E-state index contributed by atoms with van der Waals surface area (Å²) in [6, 6.07) is 5.90. The largest absolute Gasteiger partial charge is 0.493 e. The molecule has 88 valence electrons. The Morgan fingerprint density at radius 3 is 2.50 bits per heavy atom. The van der Waals surface area contributed by atoms with E-state index in [-0.39, 0.29) is 0 Å². The molecule has 0 aliphatic heterocycles. The van der Waals surface area contributed by atoms with Crippen molar-refractivity contribution in [1.82, 2.24) is 0 Å². The second kappa shape index (κ2) is 6.18. The summed E-state index contributed by atoms with van der Waals surface area (Å²) < 4.78 is 10.4. The first-order valence-electron chi connectivity index (χ1n) is 5.32. The first-order chi connectivity index (χ1) is 7.72. The van der Waals surface area contributed by atoms with E-state index in [2.05, 4.69) is 13.0 Å². The molecule has 0 fully saturated rings. The van der Waals surface area contributed by atoms with Gasteiger partial charge in [-0.1, -0.05) is 12.1 Å². The van der Waals surface area contributed by atoms with Crippen LogP contribution in [0.15, 0.2) is 24.3 Å².